The molecule has 0 bridgehead atoms. The van der Waals surface area contributed by atoms with E-state index >= 15 is 0 Å². The van der Waals surface area contributed by atoms with Crippen LogP contribution >= 0.6 is 34.5 Å². The van der Waals surface area contributed by atoms with Crippen molar-refractivity contribution in [2.75, 3.05) is 36.4 Å². The minimum absolute atomic E-state index is 0.0440. The highest BCUT2D eigenvalue weighted by atomic mass is 35.5. The quantitative estimate of drug-likeness (QED) is 0.330. The average Bonchev–Trinajstić information content (AvgIpc) is 3.30. The Balaban J connectivity index is 1.11. The summed E-state index contributed by atoms with van der Waals surface area (Å²) in [5, 5.41) is 17.4. The zero-order chi connectivity index (χ0) is 26.6. The van der Waals surface area contributed by atoms with Crippen LogP contribution in [0.4, 0.5) is 11.8 Å². The maximum Gasteiger partial charge on any atom is 0.309 e. The summed E-state index contributed by atoms with van der Waals surface area (Å²) in [6, 6.07) is 8.02. The largest absolute Gasteiger partial charge is 0.481 e. The Morgan fingerprint density at radius 2 is 1.97 bits per heavy atom. The second-order valence-electron chi connectivity index (χ2n) is 11.5. The number of hydrogen-bond acceptors (Lipinski definition) is 7. The predicted octanol–water partition coefficient (Wildman–Crippen LogP) is 6.57. The Morgan fingerprint density at radius 3 is 2.71 bits per heavy atom. The van der Waals surface area contributed by atoms with Crippen LogP contribution in [0.3, 0.4) is 0 Å². The van der Waals surface area contributed by atoms with Crippen molar-refractivity contribution in [1.82, 2.24) is 14.9 Å². The Bertz CT molecular complexity index is 1350. The lowest BCUT2D eigenvalue weighted by molar-refractivity contribution is -0.158. The number of nitrogens with zero attached hydrogens (tertiary/aromatic N) is 4. The molecule has 1 saturated carbocycles. The number of likely N-dealkylation sites (tertiary alicyclic amines) is 1. The standard InChI is InChI=1S/C28H33Cl2N5O2S/c1-16(21-6-5-19(29)10-23(21)30)31-24-22-7-9-38-25(22)33-27(32-24)35-14-18(15-35)17-4-3-8-34(13-17)20-11-28(2,12-20)26(36)37/h5-7,9-10,16-18,20H,3-4,8,11-15H2,1-2H3,(H,36,37)(H,31,32,33). The average molecular weight is 575 g/mol. The molecule has 3 aliphatic rings. The molecule has 38 heavy (non-hydrogen) atoms. The molecule has 0 radical (unpaired) electrons. The molecule has 2 atom stereocenters. The van der Waals surface area contributed by atoms with Gasteiger partial charge in [-0.3, -0.25) is 4.79 Å². The van der Waals surface area contributed by atoms with E-state index in [0.29, 0.717) is 27.9 Å². The zero-order valence-corrected chi connectivity index (χ0v) is 24.0. The SMILES string of the molecule is CC(Nc1nc(N2CC(C3CCCN(C4CC(C)(C(=O)O)C4)C3)C2)nc2sccc12)c1ccc(Cl)cc1Cl. The van der Waals surface area contributed by atoms with Gasteiger partial charge in [-0.2, -0.15) is 4.98 Å². The van der Waals surface area contributed by atoms with E-state index in [1.807, 2.05) is 19.1 Å². The first-order chi connectivity index (χ1) is 18.2. The van der Waals surface area contributed by atoms with Gasteiger partial charge in [0.2, 0.25) is 5.95 Å². The van der Waals surface area contributed by atoms with Crippen molar-refractivity contribution in [3.63, 3.8) is 0 Å². The fraction of sp³-hybridized carbons (Fsp3) is 0.536. The first-order valence-corrected chi connectivity index (χ1v) is 15.0. The third kappa shape index (κ3) is 4.85. The van der Waals surface area contributed by atoms with Crippen LogP contribution in [-0.4, -0.2) is 58.2 Å². The Hall–Kier alpha value is -2.13. The van der Waals surface area contributed by atoms with Gasteiger partial charge in [0.15, 0.2) is 0 Å². The summed E-state index contributed by atoms with van der Waals surface area (Å²) in [5.74, 6) is 2.21. The van der Waals surface area contributed by atoms with Gasteiger partial charge in [0, 0.05) is 35.7 Å². The number of rotatable bonds is 7. The molecular formula is C28H33Cl2N5O2S. The van der Waals surface area contributed by atoms with Crippen LogP contribution in [0.1, 0.15) is 51.1 Å². The molecular weight excluding hydrogens is 541 g/mol. The molecule has 1 aromatic carbocycles. The van der Waals surface area contributed by atoms with Crippen LogP contribution in [0.25, 0.3) is 10.2 Å². The smallest absolute Gasteiger partial charge is 0.309 e. The number of halogens is 2. The molecule has 202 valence electrons. The summed E-state index contributed by atoms with van der Waals surface area (Å²) in [5.41, 5.74) is 0.436. The molecule has 0 spiro atoms. The molecule has 2 aliphatic heterocycles. The van der Waals surface area contributed by atoms with Gasteiger partial charge in [0.05, 0.1) is 16.8 Å². The molecule has 1 aliphatic carbocycles. The normalized spacial score (nSPS) is 27.1. The van der Waals surface area contributed by atoms with Crippen LogP contribution in [-0.2, 0) is 4.79 Å². The zero-order valence-electron chi connectivity index (χ0n) is 21.7. The second-order valence-corrected chi connectivity index (χ2v) is 13.3. The Labute approximate surface area is 237 Å². The Morgan fingerprint density at radius 1 is 1.18 bits per heavy atom. The van der Waals surface area contributed by atoms with Crippen molar-refractivity contribution >= 4 is 62.5 Å². The van der Waals surface area contributed by atoms with Gasteiger partial charge in [-0.15, -0.1) is 11.3 Å². The van der Waals surface area contributed by atoms with Crippen LogP contribution in [0.5, 0.6) is 0 Å². The van der Waals surface area contributed by atoms with E-state index in [4.69, 9.17) is 33.2 Å². The second kappa shape index (κ2) is 10.1. The van der Waals surface area contributed by atoms with E-state index in [9.17, 15) is 9.90 Å². The van der Waals surface area contributed by atoms with Gasteiger partial charge >= 0.3 is 5.97 Å². The fourth-order valence-electron chi connectivity index (χ4n) is 6.38. The molecule has 6 rings (SSSR count). The molecule has 3 fully saturated rings. The Kier molecular flexibility index (Phi) is 6.95. The third-order valence-electron chi connectivity index (χ3n) is 8.85. The van der Waals surface area contributed by atoms with E-state index in [0.717, 1.165) is 66.6 Å². The lowest BCUT2D eigenvalue weighted by atomic mass is 9.65. The lowest BCUT2D eigenvalue weighted by Crippen LogP contribution is -2.58. The van der Waals surface area contributed by atoms with Crippen LogP contribution in [0.2, 0.25) is 10.0 Å². The van der Waals surface area contributed by atoms with E-state index in [1.165, 1.54) is 12.8 Å². The first-order valence-electron chi connectivity index (χ1n) is 13.4. The van der Waals surface area contributed by atoms with Gasteiger partial charge in [0.25, 0.3) is 0 Å². The summed E-state index contributed by atoms with van der Waals surface area (Å²) in [6.07, 6.45) is 3.99. The number of benzene rings is 1. The van der Waals surface area contributed by atoms with Crippen molar-refractivity contribution in [2.45, 2.75) is 51.6 Å². The van der Waals surface area contributed by atoms with Crippen LogP contribution < -0.4 is 10.2 Å². The van der Waals surface area contributed by atoms with Crippen molar-refractivity contribution in [3.8, 4) is 0 Å². The molecule has 2 saturated heterocycles. The van der Waals surface area contributed by atoms with E-state index in [1.54, 1.807) is 17.4 Å². The molecule has 3 aromatic rings. The topological polar surface area (TPSA) is 81.6 Å². The van der Waals surface area contributed by atoms with E-state index < -0.39 is 11.4 Å². The van der Waals surface area contributed by atoms with Gasteiger partial charge in [-0.05, 0) is 87.1 Å². The number of hydrogen-bond donors (Lipinski definition) is 2. The first kappa shape index (κ1) is 26.1. The summed E-state index contributed by atoms with van der Waals surface area (Å²) in [6.45, 7) is 8.06. The fourth-order valence-corrected chi connectivity index (χ4v) is 7.71. The molecule has 2 unspecified atom stereocenters. The van der Waals surface area contributed by atoms with Crippen LogP contribution in [0, 0.1) is 17.3 Å². The number of piperidine rings is 1. The maximum atomic E-state index is 11.5. The van der Waals surface area contributed by atoms with Crippen LogP contribution in [0.15, 0.2) is 29.6 Å². The number of thiophene rings is 1. The predicted molar refractivity (Wildman–Crippen MR) is 155 cm³/mol. The summed E-state index contributed by atoms with van der Waals surface area (Å²) < 4.78 is 0. The lowest BCUT2D eigenvalue weighted by Gasteiger charge is -2.52. The minimum Gasteiger partial charge on any atom is -0.481 e. The highest BCUT2D eigenvalue weighted by Gasteiger charge is 2.49. The summed E-state index contributed by atoms with van der Waals surface area (Å²) in [7, 11) is 0. The van der Waals surface area contributed by atoms with Gasteiger partial charge in [0.1, 0.15) is 10.6 Å². The van der Waals surface area contributed by atoms with Gasteiger partial charge < -0.3 is 20.2 Å². The minimum atomic E-state index is -0.654. The number of nitrogens with one attached hydrogen (secondary N) is 1. The maximum absolute atomic E-state index is 11.5. The molecule has 10 heteroatoms. The van der Waals surface area contributed by atoms with Gasteiger partial charge in [-0.25, -0.2) is 4.98 Å². The van der Waals surface area contributed by atoms with E-state index in [2.05, 4.69) is 33.5 Å². The van der Waals surface area contributed by atoms with Crippen molar-refractivity contribution < 1.29 is 9.90 Å². The monoisotopic (exact) mass is 573 g/mol. The molecule has 2 N–H and O–H groups in total. The third-order valence-corrected chi connectivity index (χ3v) is 10.2. The highest BCUT2D eigenvalue weighted by molar-refractivity contribution is 7.16. The van der Waals surface area contributed by atoms with Crippen molar-refractivity contribution in [2.24, 2.45) is 17.3 Å². The summed E-state index contributed by atoms with van der Waals surface area (Å²) in [4.78, 5) is 27.2. The van der Waals surface area contributed by atoms with E-state index in [-0.39, 0.29) is 6.04 Å². The number of aliphatic carboxylic acids is 1. The highest BCUT2D eigenvalue weighted by Crippen LogP contribution is 2.45. The van der Waals surface area contributed by atoms with Gasteiger partial charge in [-0.1, -0.05) is 29.3 Å². The van der Waals surface area contributed by atoms with Crippen molar-refractivity contribution in [3.05, 3.63) is 45.3 Å². The molecule has 2 aromatic heterocycles. The number of carbonyl (C=O) groups is 1. The number of fused-ring (bicyclic) bond motifs is 1. The molecule has 0 amide bonds. The summed E-state index contributed by atoms with van der Waals surface area (Å²) >= 11 is 14.2. The number of anilines is 2. The molecule has 7 nitrogen and oxygen atoms in total. The molecule has 4 heterocycles. The number of carboxylic acids is 1. The number of carboxylic acid groups (broad SMARTS) is 1. The van der Waals surface area contributed by atoms with Crippen molar-refractivity contribution in [1.29, 1.82) is 0 Å². The number of aromatic nitrogens is 2.